The Hall–Kier alpha value is -2.58. The third kappa shape index (κ3) is 5.27. The Kier molecular flexibility index (Phi) is 7.11. The van der Waals surface area contributed by atoms with Gasteiger partial charge in [0.25, 0.3) is 0 Å². The predicted molar refractivity (Wildman–Crippen MR) is 115 cm³/mol. The number of hydrogen-bond donors (Lipinski definition) is 1. The topological polar surface area (TPSA) is 71.1 Å². The first-order chi connectivity index (χ1) is 14.0. The Morgan fingerprint density at radius 3 is 2.38 bits per heavy atom. The van der Waals surface area contributed by atoms with E-state index in [4.69, 9.17) is 9.47 Å². The summed E-state index contributed by atoms with van der Waals surface area (Å²) in [5.74, 6) is 0.303. The number of methoxy groups -OCH3 is 2. The zero-order valence-corrected chi connectivity index (χ0v) is 17.9. The highest BCUT2D eigenvalue weighted by molar-refractivity contribution is 7.16. The number of nitrogens with one attached hydrogen (secondary N) is 1. The first-order valence-corrected chi connectivity index (χ1v) is 10.5. The summed E-state index contributed by atoms with van der Waals surface area (Å²) in [5, 5.41) is 3.46. The Labute approximate surface area is 175 Å². The average molecular weight is 418 g/mol. The molecule has 0 atom stereocenters. The Balaban J connectivity index is 1.53. The van der Waals surface area contributed by atoms with Crippen LogP contribution in [0.15, 0.2) is 30.3 Å². The van der Waals surface area contributed by atoms with Crippen LogP contribution in [0.4, 0.5) is 10.7 Å². The maximum absolute atomic E-state index is 12.5. The van der Waals surface area contributed by atoms with Gasteiger partial charge in [-0.2, -0.15) is 0 Å². The van der Waals surface area contributed by atoms with Crippen molar-refractivity contribution >= 4 is 33.9 Å². The highest BCUT2D eigenvalue weighted by Crippen LogP contribution is 2.29. The number of amides is 1. The molecule has 156 valence electrons. The number of nitrogens with zero attached hydrogens (tertiary/aromatic N) is 2. The summed E-state index contributed by atoms with van der Waals surface area (Å²) in [4.78, 5) is 30.0. The zero-order chi connectivity index (χ0) is 20.8. The lowest BCUT2D eigenvalue weighted by Crippen LogP contribution is -2.48. The average Bonchev–Trinajstić information content (AvgIpc) is 3.16. The molecule has 1 aromatic carbocycles. The summed E-state index contributed by atoms with van der Waals surface area (Å²) in [6.45, 7) is 5.62. The predicted octanol–water partition coefficient (Wildman–Crippen LogP) is 2.87. The molecule has 1 aromatic heterocycles. The quantitative estimate of drug-likeness (QED) is 0.699. The zero-order valence-electron chi connectivity index (χ0n) is 17.1. The van der Waals surface area contributed by atoms with Gasteiger partial charge in [0.05, 0.1) is 26.3 Å². The fourth-order valence-corrected chi connectivity index (χ4v) is 4.30. The van der Waals surface area contributed by atoms with Gasteiger partial charge in [0.2, 0.25) is 5.91 Å². The third-order valence-corrected chi connectivity index (χ3v) is 6.16. The molecule has 0 radical (unpaired) electrons. The van der Waals surface area contributed by atoms with Gasteiger partial charge >= 0.3 is 5.97 Å². The Morgan fingerprint density at radius 1 is 1.10 bits per heavy atom. The lowest BCUT2D eigenvalue weighted by Gasteiger charge is -2.35. The van der Waals surface area contributed by atoms with Crippen LogP contribution in [-0.4, -0.2) is 63.7 Å². The molecule has 29 heavy (non-hydrogen) atoms. The van der Waals surface area contributed by atoms with E-state index in [0.717, 1.165) is 48.9 Å². The van der Waals surface area contributed by atoms with Crippen molar-refractivity contribution in [3.63, 3.8) is 0 Å². The second-order valence-corrected chi connectivity index (χ2v) is 7.95. The molecular weight excluding hydrogens is 390 g/mol. The molecular formula is C21H27N3O4S. The van der Waals surface area contributed by atoms with Crippen molar-refractivity contribution in [2.75, 3.05) is 57.2 Å². The van der Waals surface area contributed by atoms with Crippen LogP contribution in [0.25, 0.3) is 0 Å². The van der Waals surface area contributed by atoms with Gasteiger partial charge in [-0.1, -0.05) is 6.92 Å². The molecule has 0 unspecified atom stereocenters. The number of carbonyl (C=O) groups excluding carboxylic acids is 2. The summed E-state index contributed by atoms with van der Waals surface area (Å²) in [7, 11) is 3.01. The second kappa shape index (κ2) is 9.76. The minimum absolute atomic E-state index is 0.113. The van der Waals surface area contributed by atoms with Crippen molar-refractivity contribution in [2.24, 2.45) is 0 Å². The fraction of sp³-hybridized carbons (Fsp3) is 0.429. The summed E-state index contributed by atoms with van der Waals surface area (Å²) in [6.07, 6.45) is 0.803. The fourth-order valence-electron chi connectivity index (χ4n) is 3.30. The van der Waals surface area contributed by atoms with Gasteiger partial charge in [-0.3, -0.25) is 9.69 Å². The third-order valence-electron chi connectivity index (χ3n) is 4.97. The lowest BCUT2D eigenvalue weighted by atomic mass is 10.2. The molecule has 0 spiro atoms. The van der Waals surface area contributed by atoms with Crippen molar-refractivity contribution in [1.82, 2.24) is 4.90 Å². The molecule has 2 heterocycles. The van der Waals surface area contributed by atoms with Crippen molar-refractivity contribution in [2.45, 2.75) is 13.3 Å². The van der Waals surface area contributed by atoms with E-state index in [-0.39, 0.29) is 5.91 Å². The molecule has 8 heteroatoms. The van der Waals surface area contributed by atoms with Gasteiger partial charge in [0.15, 0.2) is 0 Å². The highest BCUT2D eigenvalue weighted by atomic mass is 32.1. The van der Waals surface area contributed by atoms with Gasteiger partial charge in [-0.25, -0.2) is 4.79 Å². The molecule has 1 aliphatic heterocycles. The smallest absolute Gasteiger partial charge is 0.340 e. The minimum atomic E-state index is -0.427. The number of rotatable bonds is 7. The molecule has 3 rings (SSSR count). The summed E-state index contributed by atoms with van der Waals surface area (Å²) >= 11 is 1.42. The SMILES string of the molecule is CCc1cc(C(=O)OC)c(NC(=O)CN2CCN(c3ccc(OC)cc3)CC2)s1. The highest BCUT2D eigenvalue weighted by Gasteiger charge is 2.22. The molecule has 1 fully saturated rings. The van der Waals surface area contributed by atoms with E-state index in [9.17, 15) is 9.59 Å². The van der Waals surface area contributed by atoms with E-state index in [1.807, 2.05) is 19.1 Å². The van der Waals surface area contributed by atoms with Crippen LogP contribution in [-0.2, 0) is 16.0 Å². The molecule has 1 amide bonds. The van der Waals surface area contributed by atoms with Crippen molar-refractivity contribution in [3.8, 4) is 5.75 Å². The Bertz CT molecular complexity index is 842. The van der Waals surface area contributed by atoms with E-state index in [1.165, 1.54) is 18.4 Å². The maximum Gasteiger partial charge on any atom is 0.340 e. The molecule has 7 nitrogen and oxygen atoms in total. The van der Waals surface area contributed by atoms with E-state index in [2.05, 4.69) is 27.2 Å². The molecule has 0 aliphatic carbocycles. The standard InChI is InChI=1S/C21H27N3O4S/c1-4-17-13-18(21(26)28-3)20(29-17)22-19(25)14-23-9-11-24(12-10-23)15-5-7-16(27-2)8-6-15/h5-8,13H,4,9-12,14H2,1-3H3,(H,22,25). The van der Waals surface area contributed by atoms with E-state index in [1.54, 1.807) is 13.2 Å². The minimum Gasteiger partial charge on any atom is -0.497 e. The largest absolute Gasteiger partial charge is 0.497 e. The van der Waals surface area contributed by atoms with E-state index in [0.29, 0.717) is 17.1 Å². The monoisotopic (exact) mass is 417 g/mol. The Morgan fingerprint density at radius 2 is 1.79 bits per heavy atom. The molecule has 2 aromatic rings. The first kappa shape index (κ1) is 21.1. The van der Waals surface area contributed by atoms with Crippen LogP contribution >= 0.6 is 11.3 Å². The number of thiophene rings is 1. The molecule has 0 saturated carbocycles. The van der Waals surface area contributed by atoms with Crippen LogP contribution in [0, 0.1) is 0 Å². The lowest BCUT2D eigenvalue weighted by molar-refractivity contribution is -0.117. The van der Waals surface area contributed by atoms with Crippen molar-refractivity contribution in [1.29, 1.82) is 0 Å². The molecule has 1 saturated heterocycles. The van der Waals surface area contributed by atoms with Crippen molar-refractivity contribution in [3.05, 3.63) is 40.8 Å². The van der Waals surface area contributed by atoms with E-state index < -0.39 is 5.97 Å². The number of piperazine rings is 1. The van der Waals surface area contributed by atoms with Crippen LogP contribution in [0.5, 0.6) is 5.75 Å². The molecule has 1 N–H and O–H groups in total. The first-order valence-electron chi connectivity index (χ1n) is 9.66. The number of hydrogen-bond acceptors (Lipinski definition) is 7. The number of anilines is 2. The van der Waals surface area contributed by atoms with Gasteiger partial charge in [0.1, 0.15) is 10.8 Å². The molecule has 0 bridgehead atoms. The van der Waals surface area contributed by atoms with Gasteiger partial charge in [-0.05, 0) is 36.8 Å². The normalized spacial score (nSPS) is 14.5. The van der Waals surface area contributed by atoms with Gasteiger partial charge in [-0.15, -0.1) is 11.3 Å². The van der Waals surface area contributed by atoms with Crippen LogP contribution < -0.4 is 15.0 Å². The number of aryl methyl sites for hydroxylation is 1. The van der Waals surface area contributed by atoms with E-state index >= 15 is 0 Å². The summed E-state index contributed by atoms with van der Waals surface area (Å²) < 4.78 is 10.0. The number of ether oxygens (including phenoxy) is 2. The van der Waals surface area contributed by atoms with Gasteiger partial charge < -0.3 is 19.7 Å². The second-order valence-electron chi connectivity index (χ2n) is 6.81. The number of esters is 1. The summed E-state index contributed by atoms with van der Waals surface area (Å²) in [6, 6.07) is 9.81. The number of carbonyl (C=O) groups is 2. The van der Waals surface area contributed by atoms with Crippen molar-refractivity contribution < 1.29 is 19.1 Å². The molecule has 1 aliphatic rings. The number of benzene rings is 1. The van der Waals surface area contributed by atoms with Crippen LogP contribution in [0.2, 0.25) is 0 Å². The summed E-state index contributed by atoms with van der Waals surface area (Å²) in [5.41, 5.74) is 1.58. The van der Waals surface area contributed by atoms with Crippen LogP contribution in [0.1, 0.15) is 22.2 Å². The van der Waals surface area contributed by atoms with Gasteiger partial charge in [0, 0.05) is 36.7 Å². The maximum atomic E-state index is 12.5. The van der Waals surface area contributed by atoms with Crippen LogP contribution in [0.3, 0.4) is 0 Å².